The molecule has 1 aliphatic heterocycles. The second kappa shape index (κ2) is 13.6. The molecule has 9 heteroatoms. The first-order valence-electron chi connectivity index (χ1n) is 12.7. The van der Waals surface area contributed by atoms with Gasteiger partial charge in [0, 0.05) is 19.7 Å². The molecule has 0 saturated carbocycles. The average molecular weight is 504 g/mol. The Morgan fingerprint density at radius 3 is 1.76 bits per heavy atom. The molecule has 0 spiro atoms. The molecular weight excluding hydrogens is 458 g/mol. The van der Waals surface area contributed by atoms with Crippen LogP contribution in [-0.4, -0.2) is 56.6 Å². The molecule has 1 atom stereocenters. The molecular formula is C24H45F4NO3S. The van der Waals surface area contributed by atoms with Gasteiger partial charge in [0.1, 0.15) is 5.67 Å². The van der Waals surface area contributed by atoms with E-state index in [1.165, 1.54) is 38.5 Å². The van der Waals surface area contributed by atoms with Gasteiger partial charge in [0.15, 0.2) is 6.10 Å². The van der Waals surface area contributed by atoms with Crippen LogP contribution < -0.4 is 0 Å². The number of unbranched alkanes of at least 4 members (excludes halogenated alkanes) is 6. The fourth-order valence-corrected chi connectivity index (χ4v) is 5.80. The number of ether oxygens (including phenoxy) is 1. The summed E-state index contributed by atoms with van der Waals surface area (Å²) in [4.78, 5) is 0. The van der Waals surface area contributed by atoms with Gasteiger partial charge in [-0.2, -0.15) is 13.2 Å². The zero-order valence-electron chi connectivity index (χ0n) is 21.0. The minimum Gasteiger partial charge on any atom is -0.365 e. The SMILES string of the molecule is CCC(CC)(CC)CCCCCCCCCOC(C(F)(F)F)C1(F)CCN(S(C)(=O)=O)CC1. The van der Waals surface area contributed by atoms with Crippen molar-refractivity contribution in [2.24, 2.45) is 5.41 Å². The summed E-state index contributed by atoms with van der Waals surface area (Å²) in [6, 6.07) is 0. The lowest BCUT2D eigenvalue weighted by Crippen LogP contribution is -2.55. The van der Waals surface area contributed by atoms with Crippen molar-refractivity contribution in [3.05, 3.63) is 0 Å². The van der Waals surface area contributed by atoms with Gasteiger partial charge in [-0.05, 0) is 31.1 Å². The molecule has 0 bridgehead atoms. The van der Waals surface area contributed by atoms with Crippen molar-refractivity contribution in [2.45, 2.75) is 122 Å². The molecule has 33 heavy (non-hydrogen) atoms. The number of alkyl halides is 4. The number of halogens is 4. The Morgan fingerprint density at radius 2 is 1.33 bits per heavy atom. The average Bonchev–Trinajstić information content (AvgIpc) is 2.74. The standard InChI is InChI=1S/C24H45F4NO3S/c1-5-22(6-2,7-3)15-13-11-9-8-10-12-14-20-32-21(24(26,27)28)23(25)16-18-29(19-17-23)33(4,30)31/h21H,5-20H2,1-4H3. The van der Waals surface area contributed by atoms with E-state index in [9.17, 15) is 21.6 Å². The topological polar surface area (TPSA) is 46.6 Å². The molecule has 1 unspecified atom stereocenters. The predicted molar refractivity (Wildman–Crippen MR) is 126 cm³/mol. The fourth-order valence-electron chi connectivity index (χ4n) is 4.96. The van der Waals surface area contributed by atoms with Gasteiger partial charge < -0.3 is 4.74 Å². The molecule has 1 aliphatic rings. The van der Waals surface area contributed by atoms with Crippen LogP contribution in [0.25, 0.3) is 0 Å². The zero-order valence-corrected chi connectivity index (χ0v) is 21.8. The summed E-state index contributed by atoms with van der Waals surface area (Å²) in [5, 5.41) is 0. The first-order valence-corrected chi connectivity index (χ1v) is 14.5. The molecule has 0 aromatic rings. The summed E-state index contributed by atoms with van der Waals surface area (Å²) in [6.07, 6.45) is 4.26. The van der Waals surface area contributed by atoms with Gasteiger partial charge in [-0.1, -0.05) is 78.6 Å². The molecule has 4 nitrogen and oxygen atoms in total. The highest BCUT2D eigenvalue weighted by Gasteiger charge is 2.56. The lowest BCUT2D eigenvalue weighted by Gasteiger charge is -2.40. The Hall–Kier alpha value is -0.410. The number of hydrogen-bond donors (Lipinski definition) is 0. The second-order valence-electron chi connectivity index (χ2n) is 9.77. The largest absolute Gasteiger partial charge is 0.417 e. The van der Waals surface area contributed by atoms with Crippen LogP contribution in [-0.2, 0) is 14.8 Å². The summed E-state index contributed by atoms with van der Waals surface area (Å²) in [5.41, 5.74) is -2.12. The maximum atomic E-state index is 15.1. The molecule has 1 saturated heterocycles. The van der Waals surface area contributed by atoms with E-state index < -0.39 is 40.8 Å². The molecule has 0 aromatic carbocycles. The van der Waals surface area contributed by atoms with Crippen molar-refractivity contribution in [3.63, 3.8) is 0 Å². The van der Waals surface area contributed by atoms with Crippen molar-refractivity contribution in [1.29, 1.82) is 0 Å². The third kappa shape index (κ3) is 10.0. The molecule has 1 fully saturated rings. The van der Waals surface area contributed by atoms with Crippen molar-refractivity contribution in [2.75, 3.05) is 26.0 Å². The van der Waals surface area contributed by atoms with Crippen molar-refractivity contribution in [1.82, 2.24) is 4.31 Å². The van der Waals surface area contributed by atoms with E-state index in [0.717, 1.165) is 36.2 Å². The molecule has 1 heterocycles. The van der Waals surface area contributed by atoms with Crippen LogP contribution in [0, 0.1) is 5.41 Å². The van der Waals surface area contributed by atoms with Gasteiger partial charge >= 0.3 is 6.18 Å². The van der Waals surface area contributed by atoms with E-state index in [2.05, 4.69) is 20.8 Å². The van der Waals surface area contributed by atoms with Gasteiger partial charge in [-0.15, -0.1) is 0 Å². The summed E-state index contributed by atoms with van der Waals surface area (Å²) >= 11 is 0. The minimum absolute atomic E-state index is 0.141. The molecule has 0 amide bonds. The van der Waals surface area contributed by atoms with Crippen LogP contribution in [0.1, 0.15) is 104 Å². The minimum atomic E-state index is -4.83. The third-order valence-electron chi connectivity index (χ3n) is 7.68. The Balaban J connectivity index is 2.30. The van der Waals surface area contributed by atoms with Crippen LogP contribution in [0.4, 0.5) is 17.6 Å². The van der Waals surface area contributed by atoms with Gasteiger partial charge in [0.25, 0.3) is 0 Å². The molecule has 0 radical (unpaired) electrons. The summed E-state index contributed by atoms with van der Waals surface area (Å²) in [7, 11) is -3.54. The molecule has 0 aromatic heterocycles. The van der Waals surface area contributed by atoms with Crippen LogP contribution >= 0.6 is 0 Å². The Kier molecular flexibility index (Phi) is 12.6. The predicted octanol–water partition coefficient (Wildman–Crippen LogP) is 7.03. The maximum absolute atomic E-state index is 15.1. The number of nitrogens with zero attached hydrogens (tertiary/aromatic N) is 1. The lowest BCUT2D eigenvalue weighted by molar-refractivity contribution is -0.263. The second-order valence-corrected chi connectivity index (χ2v) is 11.8. The van der Waals surface area contributed by atoms with Crippen LogP contribution in [0.5, 0.6) is 0 Å². The number of sulfonamides is 1. The maximum Gasteiger partial charge on any atom is 0.417 e. The Morgan fingerprint density at radius 1 is 0.879 bits per heavy atom. The van der Waals surface area contributed by atoms with Gasteiger partial charge in [-0.3, -0.25) is 0 Å². The molecule has 0 aliphatic carbocycles. The van der Waals surface area contributed by atoms with Crippen LogP contribution in [0.3, 0.4) is 0 Å². The third-order valence-corrected chi connectivity index (χ3v) is 8.98. The molecule has 198 valence electrons. The van der Waals surface area contributed by atoms with E-state index >= 15 is 4.39 Å². The van der Waals surface area contributed by atoms with Crippen LogP contribution in [0.15, 0.2) is 0 Å². The van der Waals surface area contributed by atoms with E-state index in [1.807, 2.05) is 0 Å². The normalized spacial score (nSPS) is 19.0. The van der Waals surface area contributed by atoms with E-state index in [-0.39, 0.29) is 19.7 Å². The van der Waals surface area contributed by atoms with E-state index in [0.29, 0.717) is 11.8 Å². The van der Waals surface area contributed by atoms with Crippen molar-refractivity contribution in [3.8, 4) is 0 Å². The number of piperidine rings is 1. The van der Waals surface area contributed by atoms with Gasteiger partial charge in [0.05, 0.1) is 6.26 Å². The first kappa shape index (κ1) is 30.6. The monoisotopic (exact) mass is 503 g/mol. The number of hydrogen-bond acceptors (Lipinski definition) is 3. The highest BCUT2D eigenvalue weighted by Crippen LogP contribution is 2.41. The summed E-state index contributed by atoms with van der Waals surface area (Å²) < 4.78 is 84.8. The molecule has 1 rings (SSSR count). The van der Waals surface area contributed by atoms with Crippen LogP contribution in [0.2, 0.25) is 0 Å². The Labute approximate surface area is 198 Å². The smallest absolute Gasteiger partial charge is 0.365 e. The van der Waals surface area contributed by atoms with Gasteiger partial charge in [0.2, 0.25) is 10.0 Å². The zero-order chi connectivity index (χ0) is 25.2. The lowest BCUT2D eigenvalue weighted by atomic mass is 9.75. The summed E-state index contributed by atoms with van der Waals surface area (Å²) in [6.45, 7) is 6.13. The van der Waals surface area contributed by atoms with Crippen molar-refractivity contribution >= 4 is 10.0 Å². The Bertz CT molecular complexity index is 634. The first-order chi connectivity index (χ1) is 15.3. The van der Waals surface area contributed by atoms with Crippen molar-refractivity contribution < 1.29 is 30.7 Å². The quantitative estimate of drug-likeness (QED) is 0.168. The fraction of sp³-hybridized carbons (Fsp3) is 1.00. The summed E-state index contributed by atoms with van der Waals surface area (Å²) in [5.74, 6) is 0. The number of rotatable bonds is 16. The van der Waals surface area contributed by atoms with E-state index in [4.69, 9.17) is 4.74 Å². The highest BCUT2D eigenvalue weighted by molar-refractivity contribution is 7.88. The van der Waals surface area contributed by atoms with E-state index in [1.54, 1.807) is 0 Å². The van der Waals surface area contributed by atoms with Gasteiger partial charge in [-0.25, -0.2) is 17.1 Å². The molecule has 0 N–H and O–H groups in total. The highest BCUT2D eigenvalue weighted by atomic mass is 32.2.